The van der Waals surface area contributed by atoms with Gasteiger partial charge in [-0.15, -0.1) is 11.6 Å². The van der Waals surface area contributed by atoms with E-state index in [2.05, 4.69) is 10.3 Å². The van der Waals surface area contributed by atoms with E-state index in [0.29, 0.717) is 24.3 Å². The van der Waals surface area contributed by atoms with Crippen molar-refractivity contribution in [1.29, 1.82) is 0 Å². The van der Waals surface area contributed by atoms with Crippen molar-refractivity contribution < 1.29 is 8.78 Å². The van der Waals surface area contributed by atoms with Crippen LogP contribution in [0.3, 0.4) is 0 Å². The molecule has 17 heavy (non-hydrogen) atoms. The maximum Gasteiger partial charge on any atom is 0.168 e. The van der Waals surface area contributed by atoms with Crippen LogP contribution < -0.4 is 5.32 Å². The van der Waals surface area contributed by atoms with E-state index in [4.69, 9.17) is 11.6 Å². The number of nitrogens with zero attached hydrogens (tertiary/aromatic N) is 1. The summed E-state index contributed by atoms with van der Waals surface area (Å²) in [4.78, 5) is 3.70. The van der Waals surface area contributed by atoms with E-state index >= 15 is 0 Å². The molecule has 1 aromatic rings. The predicted octanol–water partition coefficient (Wildman–Crippen LogP) is 3.43. The minimum atomic E-state index is -0.660. The Labute approximate surface area is 104 Å². The van der Waals surface area contributed by atoms with Crippen LogP contribution in [0.4, 0.5) is 14.6 Å². The molecule has 2 atom stereocenters. The monoisotopic (exact) mass is 260 g/mol. The molecule has 1 N–H and O–H groups in total. The fourth-order valence-electron chi connectivity index (χ4n) is 2.36. The molecule has 0 amide bonds. The lowest BCUT2D eigenvalue weighted by Crippen LogP contribution is -2.20. The molecule has 5 heteroatoms. The highest BCUT2D eigenvalue weighted by atomic mass is 35.5. The van der Waals surface area contributed by atoms with Crippen LogP contribution in [0.15, 0.2) is 12.3 Å². The summed E-state index contributed by atoms with van der Waals surface area (Å²) in [6, 6.07) is 0.836. The third-order valence-electron chi connectivity index (χ3n) is 3.35. The molecular formula is C12H15ClF2N2. The lowest BCUT2D eigenvalue weighted by Gasteiger charge is -2.18. The van der Waals surface area contributed by atoms with Crippen molar-refractivity contribution >= 4 is 17.4 Å². The summed E-state index contributed by atoms with van der Waals surface area (Å²) in [5.41, 5.74) is 0. The van der Waals surface area contributed by atoms with Gasteiger partial charge in [-0.25, -0.2) is 13.8 Å². The molecule has 2 nitrogen and oxygen atoms in total. The van der Waals surface area contributed by atoms with E-state index in [-0.39, 0.29) is 5.82 Å². The van der Waals surface area contributed by atoms with Gasteiger partial charge in [-0.2, -0.15) is 0 Å². The molecule has 1 aliphatic carbocycles. The summed E-state index contributed by atoms with van der Waals surface area (Å²) < 4.78 is 26.0. The molecule has 0 spiro atoms. The third-order valence-corrected chi connectivity index (χ3v) is 3.75. The number of pyridine rings is 1. The maximum atomic E-state index is 13.3. The Morgan fingerprint density at radius 2 is 2.12 bits per heavy atom. The topological polar surface area (TPSA) is 24.9 Å². The summed E-state index contributed by atoms with van der Waals surface area (Å²) in [7, 11) is 0. The first kappa shape index (κ1) is 12.6. The molecule has 1 heterocycles. The second-order valence-corrected chi connectivity index (χ2v) is 4.78. The predicted molar refractivity (Wildman–Crippen MR) is 64.2 cm³/mol. The molecule has 1 aliphatic rings. The van der Waals surface area contributed by atoms with Gasteiger partial charge in [0.1, 0.15) is 5.82 Å². The van der Waals surface area contributed by atoms with Crippen LogP contribution in [0, 0.1) is 23.5 Å². The van der Waals surface area contributed by atoms with Gasteiger partial charge in [-0.05, 0) is 24.7 Å². The van der Waals surface area contributed by atoms with Crippen molar-refractivity contribution in [3.05, 3.63) is 23.9 Å². The minimum Gasteiger partial charge on any atom is -0.367 e. The minimum absolute atomic E-state index is 0.117. The Morgan fingerprint density at radius 1 is 1.35 bits per heavy atom. The van der Waals surface area contributed by atoms with E-state index in [9.17, 15) is 8.78 Å². The van der Waals surface area contributed by atoms with Crippen molar-refractivity contribution in [2.24, 2.45) is 11.8 Å². The van der Waals surface area contributed by atoms with Gasteiger partial charge >= 0.3 is 0 Å². The molecule has 1 fully saturated rings. The Bertz CT molecular complexity index is 387. The van der Waals surface area contributed by atoms with Gasteiger partial charge in [-0.3, -0.25) is 0 Å². The normalized spacial score (nSPS) is 23.9. The average Bonchev–Trinajstić information content (AvgIpc) is 2.75. The summed E-state index contributed by atoms with van der Waals surface area (Å²) in [6.45, 7) is 0.646. The van der Waals surface area contributed by atoms with Crippen molar-refractivity contribution in [2.75, 3.05) is 17.7 Å². The summed E-state index contributed by atoms with van der Waals surface area (Å²) in [5, 5.41) is 2.93. The highest BCUT2D eigenvalue weighted by molar-refractivity contribution is 6.18. The van der Waals surface area contributed by atoms with Crippen LogP contribution in [-0.2, 0) is 0 Å². The van der Waals surface area contributed by atoms with E-state index in [0.717, 1.165) is 25.1 Å². The molecule has 0 radical (unpaired) electrons. The molecule has 2 unspecified atom stereocenters. The quantitative estimate of drug-likeness (QED) is 0.839. The van der Waals surface area contributed by atoms with Crippen molar-refractivity contribution in [1.82, 2.24) is 4.98 Å². The van der Waals surface area contributed by atoms with E-state index in [1.54, 1.807) is 0 Å². The fraction of sp³-hybridized carbons (Fsp3) is 0.583. The Balaban J connectivity index is 1.93. The molecule has 2 rings (SSSR count). The van der Waals surface area contributed by atoms with E-state index in [1.807, 2.05) is 0 Å². The van der Waals surface area contributed by atoms with Gasteiger partial charge in [0.25, 0.3) is 0 Å². The standard InChI is InChI=1S/C12H15ClF2N2/c13-5-8-2-1-3-9(8)6-16-12-11(15)4-10(14)7-17-12/h4,7-9H,1-3,5-6H2,(H,16,17). The highest BCUT2D eigenvalue weighted by Gasteiger charge is 2.26. The molecule has 0 aliphatic heterocycles. The van der Waals surface area contributed by atoms with Gasteiger partial charge < -0.3 is 5.32 Å². The third kappa shape index (κ3) is 3.06. The molecule has 1 aromatic heterocycles. The summed E-state index contributed by atoms with van der Waals surface area (Å²) >= 11 is 5.87. The SMILES string of the molecule is Fc1cnc(NCC2CCCC2CCl)c(F)c1. The van der Waals surface area contributed by atoms with Crippen LogP contribution in [0.1, 0.15) is 19.3 Å². The van der Waals surface area contributed by atoms with Crippen molar-refractivity contribution in [2.45, 2.75) is 19.3 Å². The maximum absolute atomic E-state index is 13.3. The van der Waals surface area contributed by atoms with Crippen LogP contribution in [-0.4, -0.2) is 17.4 Å². The smallest absolute Gasteiger partial charge is 0.168 e. The second-order valence-electron chi connectivity index (χ2n) is 4.47. The van der Waals surface area contributed by atoms with Gasteiger partial charge in [0.15, 0.2) is 11.6 Å². The number of nitrogens with one attached hydrogen (secondary N) is 1. The van der Waals surface area contributed by atoms with Crippen LogP contribution in [0.2, 0.25) is 0 Å². The first-order valence-electron chi connectivity index (χ1n) is 5.81. The molecular weight excluding hydrogens is 246 g/mol. The first-order valence-corrected chi connectivity index (χ1v) is 6.35. The largest absolute Gasteiger partial charge is 0.367 e. The van der Waals surface area contributed by atoms with Crippen LogP contribution in [0.25, 0.3) is 0 Å². The lowest BCUT2D eigenvalue weighted by atomic mass is 9.98. The molecule has 1 saturated carbocycles. The molecule has 0 aromatic carbocycles. The van der Waals surface area contributed by atoms with Gasteiger partial charge in [0.2, 0.25) is 0 Å². The zero-order valence-corrected chi connectivity index (χ0v) is 10.2. The number of anilines is 1. The van der Waals surface area contributed by atoms with E-state index < -0.39 is 11.6 Å². The molecule has 0 saturated heterocycles. The molecule has 94 valence electrons. The fourth-order valence-corrected chi connectivity index (χ4v) is 2.76. The Hall–Kier alpha value is -0.900. The summed E-state index contributed by atoms with van der Waals surface area (Å²) in [5.74, 6) is 0.405. The van der Waals surface area contributed by atoms with Crippen LogP contribution >= 0.6 is 11.6 Å². The first-order chi connectivity index (χ1) is 8.20. The zero-order valence-electron chi connectivity index (χ0n) is 9.43. The zero-order chi connectivity index (χ0) is 12.3. The number of alkyl halides is 1. The molecule has 0 bridgehead atoms. The number of hydrogen-bond acceptors (Lipinski definition) is 2. The van der Waals surface area contributed by atoms with Crippen molar-refractivity contribution in [3.8, 4) is 0 Å². The number of halogens is 3. The lowest BCUT2D eigenvalue weighted by molar-refractivity contribution is 0.442. The Kier molecular flexibility index (Phi) is 4.15. The second kappa shape index (κ2) is 5.63. The average molecular weight is 261 g/mol. The van der Waals surface area contributed by atoms with E-state index in [1.165, 1.54) is 6.42 Å². The number of hydrogen-bond donors (Lipinski definition) is 1. The van der Waals surface area contributed by atoms with Crippen LogP contribution in [0.5, 0.6) is 0 Å². The highest BCUT2D eigenvalue weighted by Crippen LogP contribution is 2.32. The number of rotatable bonds is 4. The van der Waals surface area contributed by atoms with Gasteiger partial charge in [0, 0.05) is 18.5 Å². The van der Waals surface area contributed by atoms with Gasteiger partial charge in [0.05, 0.1) is 6.20 Å². The van der Waals surface area contributed by atoms with Crippen molar-refractivity contribution in [3.63, 3.8) is 0 Å². The Morgan fingerprint density at radius 3 is 2.82 bits per heavy atom. The number of aromatic nitrogens is 1. The van der Waals surface area contributed by atoms with Gasteiger partial charge in [-0.1, -0.05) is 6.42 Å². The summed E-state index contributed by atoms with van der Waals surface area (Å²) in [6.07, 6.45) is 4.42.